The quantitative estimate of drug-likeness (QED) is 0.692. The fraction of sp³-hybridized carbons (Fsp3) is 0.786. The fourth-order valence-corrected chi connectivity index (χ4v) is 2.13. The normalized spacial score (nSPS) is 12.7. The molecule has 0 saturated heterocycles. The molecule has 110 valence electrons. The number of methoxy groups -OCH3 is 1. The molecule has 19 heavy (non-hydrogen) atoms. The summed E-state index contributed by atoms with van der Waals surface area (Å²) in [5.41, 5.74) is 1.14. The average Bonchev–Trinajstić information content (AvgIpc) is 2.83. The van der Waals surface area contributed by atoms with Crippen molar-refractivity contribution in [3.05, 3.63) is 11.9 Å². The number of rotatable bonds is 9. The van der Waals surface area contributed by atoms with Crippen LogP contribution in [0, 0.1) is 0 Å². The van der Waals surface area contributed by atoms with E-state index in [1.54, 1.807) is 7.11 Å². The van der Waals surface area contributed by atoms with Gasteiger partial charge in [-0.15, -0.1) is 0 Å². The minimum Gasteiger partial charge on any atom is -0.383 e. The van der Waals surface area contributed by atoms with Crippen molar-refractivity contribution in [2.24, 2.45) is 0 Å². The lowest BCUT2D eigenvalue weighted by molar-refractivity contribution is 0.162. The van der Waals surface area contributed by atoms with Gasteiger partial charge in [0.15, 0.2) is 0 Å². The van der Waals surface area contributed by atoms with Gasteiger partial charge in [0.2, 0.25) is 5.95 Å². The molecular weight excluding hydrogens is 240 g/mol. The molecule has 5 nitrogen and oxygen atoms in total. The second-order valence-electron chi connectivity index (χ2n) is 4.98. The maximum atomic E-state index is 5.26. The first kappa shape index (κ1) is 16.0. The number of anilines is 1. The average molecular weight is 268 g/mol. The molecule has 1 aromatic rings. The molecule has 0 aliphatic carbocycles. The number of nitrogens with one attached hydrogen (secondary N) is 1. The van der Waals surface area contributed by atoms with E-state index >= 15 is 0 Å². The largest absolute Gasteiger partial charge is 0.383 e. The van der Waals surface area contributed by atoms with Crippen molar-refractivity contribution in [1.82, 2.24) is 14.9 Å². The molecule has 0 spiro atoms. The van der Waals surface area contributed by atoms with E-state index in [0.29, 0.717) is 12.6 Å². The van der Waals surface area contributed by atoms with Crippen molar-refractivity contribution in [2.45, 2.75) is 32.7 Å². The van der Waals surface area contributed by atoms with E-state index < -0.39 is 0 Å². The number of aryl methyl sites for hydroxylation is 1. The van der Waals surface area contributed by atoms with Crippen molar-refractivity contribution in [3.63, 3.8) is 0 Å². The topological polar surface area (TPSA) is 42.3 Å². The van der Waals surface area contributed by atoms with Gasteiger partial charge in [-0.05, 0) is 33.4 Å². The minimum absolute atomic E-state index is 0.305. The van der Waals surface area contributed by atoms with Crippen molar-refractivity contribution in [2.75, 3.05) is 45.8 Å². The molecule has 0 saturated carbocycles. The van der Waals surface area contributed by atoms with Crippen LogP contribution in [0.3, 0.4) is 0 Å². The van der Waals surface area contributed by atoms with Crippen LogP contribution in [0.5, 0.6) is 0 Å². The van der Waals surface area contributed by atoms with E-state index in [1.165, 1.54) is 0 Å². The van der Waals surface area contributed by atoms with Gasteiger partial charge in [-0.1, -0.05) is 6.92 Å². The summed E-state index contributed by atoms with van der Waals surface area (Å²) in [6, 6.07) is 0.305. The maximum absolute atomic E-state index is 5.26. The summed E-state index contributed by atoms with van der Waals surface area (Å²) in [7, 11) is 5.83. The third-order valence-electron chi connectivity index (χ3n) is 3.27. The molecule has 0 aliphatic heterocycles. The lowest BCUT2D eigenvalue weighted by Gasteiger charge is -2.22. The number of aromatic nitrogens is 2. The summed E-state index contributed by atoms with van der Waals surface area (Å²) in [4.78, 5) is 6.95. The van der Waals surface area contributed by atoms with Crippen LogP contribution in [0.25, 0.3) is 0 Å². The van der Waals surface area contributed by atoms with Gasteiger partial charge in [0.1, 0.15) is 0 Å². The Morgan fingerprint density at radius 3 is 2.84 bits per heavy atom. The smallest absolute Gasteiger partial charge is 0.205 e. The molecule has 1 heterocycles. The molecule has 1 unspecified atom stereocenters. The molecular formula is C14H28N4O. The first-order valence-corrected chi connectivity index (χ1v) is 7.06. The van der Waals surface area contributed by atoms with Gasteiger partial charge in [-0.2, -0.15) is 0 Å². The predicted molar refractivity (Wildman–Crippen MR) is 80.0 cm³/mol. The van der Waals surface area contributed by atoms with Crippen LogP contribution in [0.2, 0.25) is 0 Å². The lowest BCUT2D eigenvalue weighted by Crippen LogP contribution is -2.26. The van der Waals surface area contributed by atoms with Gasteiger partial charge in [0.25, 0.3) is 0 Å². The zero-order valence-electron chi connectivity index (χ0n) is 12.9. The Balaban J connectivity index is 2.81. The maximum Gasteiger partial charge on any atom is 0.205 e. The Morgan fingerprint density at radius 1 is 1.53 bits per heavy atom. The van der Waals surface area contributed by atoms with Crippen molar-refractivity contribution in [3.8, 4) is 0 Å². The van der Waals surface area contributed by atoms with Crippen LogP contribution in [-0.4, -0.2) is 50.5 Å². The number of ether oxygens (including phenoxy) is 1. The van der Waals surface area contributed by atoms with E-state index in [-0.39, 0.29) is 0 Å². The van der Waals surface area contributed by atoms with Gasteiger partial charge in [0, 0.05) is 26.9 Å². The molecule has 1 N–H and O–H groups in total. The summed E-state index contributed by atoms with van der Waals surface area (Å²) in [5.74, 6) is 1.04. The van der Waals surface area contributed by atoms with Crippen LogP contribution >= 0.6 is 0 Å². The second-order valence-corrected chi connectivity index (χ2v) is 4.98. The van der Waals surface area contributed by atoms with Crippen LogP contribution in [0.4, 0.5) is 5.95 Å². The van der Waals surface area contributed by atoms with Crippen LogP contribution in [-0.2, 0) is 11.2 Å². The standard InChI is InChI=1S/C14H28N4O/c1-6-13-10-18(12(2)11-19-5)14(16-13)17(4)9-7-8-15-3/h10,12,15H,6-9,11H2,1-5H3. The molecule has 0 aliphatic rings. The summed E-state index contributed by atoms with van der Waals surface area (Å²) in [6.45, 7) is 7.03. The first-order chi connectivity index (χ1) is 9.13. The third-order valence-corrected chi connectivity index (χ3v) is 3.27. The van der Waals surface area contributed by atoms with Crippen LogP contribution in [0.1, 0.15) is 32.0 Å². The highest BCUT2D eigenvalue weighted by Crippen LogP contribution is 2.20. The number of nitrogens with zero attached hydrogens (tertiary/aromatic N) is 3. The Kier molecular flexibility index (Phi) is 6.87. The highest BCUT2D eigenvalue weighted by atomic mass is 16.5. The van der Waals surface area contributed by atoms with Gasteiger partial charge >= 0.3 is 0 Å². The van der Waals surface area contributed by atoms with Crippen molar-refractivity contribution >= 4 is 5.95 Å². The Bertz CT molecular complexity index is 364. The summed E-state index contributed by atoms with van der Waals surface area (Å²) in [6.07, 6.45) is 4.22. The van der Waals surface area contributed by atoms with Gasteiger partial charge in [-0.25, -0.2) is 4.98 Å². The van der Waals surface area contributed by atoms with Crippen LogP contribution in [0.15, 0.2) is 6.20 Å². The second kappa shape index (κ2) is 8.17. The fourth-order valence-electron chi connectivity index (χ4n) is 2.13. The predicted octanol–water partition coefficient (Wildman–Crippen LogP) is 1.70. The summed E-state index contributed by atoms with van der Waals surface area (Å²) in [5, 5.41) is 3.17. The van der Waals surface area contributed by atoms with Gasteiger partial charge < -0.3 is 19.5 Å². The molecule has 1 atom stereocenters. The molecule has 5 heteroatoms. The zero-order chi connectivity index (χ0) is 14.3. The molecule has 1 aromatic heterocycles. The van der Waals surface area contributed by atoms with E-state index in [4.69, 9.17) is 9.72 Å². The molecule has 0 radical (unpaired) electrons. The summed E-state index contributed by atoms with van der Waals surface area (Å²) < 4.78 is 7.48. The van der Waals surface area contributed by atoms with E-state index in [1.807, 2.05) is 7.05 Å². The molecule has 1 rings (SSSR count). The van der Waals surface area contributed by atoms with E-state index in [2.05, 4.69) is 41.9 Å². The highest BCUT2D eigenvalue weighted by Gasteiger charge is 2.15. The molecule has 0 amide bonds. The van der Waals surface area contributed by atoms with E-state index in [0.717, 1.165) is 37.6 Å². The van der Waals surface area contributed by atoms with Crippen LogP contribution < -0.4 is 10.2 Å². The number of hydrogen-bond acceptors (Lipinski definition) is 4. The lowest BCUT2D eigenvalue weighted by atomic mass is 10.3. The zero-order valence-corrected chi connectivity index (χ0v) is 12.9. The van der Waals surface area contributed by atoms with Gasteiger partial charge in [-0.3, -0.25) is 0 Å². The van der Waals surface area contributed by atoms with Crippen molar-refractivity contribution < 1.29 is 4.74 Å². The van der Waals surface area contributed by atoms with E-state index in [9.17, 15) is 0 Å². The molecule has 0 bridgehead atoms. The number of hydrogen-bond donors (Lipinski definition) is 1. The molecule has 0 aromatic carbocycles. The Morgan fingerprint density at radius 2 is 2.26 bits per heavy atom. The SMILES string of the molecule is CCc1cn(C(C)COC)c(N(C)CCCNC)n1. The Hall–Kier alpha value is -1.07. The molecule has 0 fully saturated rings. The van der Waals surface area contributed by atoms with Gasteiger partial charge in [0.05, 0.1) is 18.3 Å². The van der Waals surface area contributed by atoms with Crippen molar-refractivity contribution in [1.29, 1.82) is 0 Å². The Labute approximate surface area is 117 Å². The monoisotopic (exact) mass is 268 g/mol. The summed E-state index contributed by atoms with van der Waals surface area (Å²) >= 11 is 0. The number of imidazole rings is 1. The first-order valence-electron chi connectivity index (χ1n) is 7.06. The minimum atomic E-state index is 0.305. The highest BCUT2D eigenvalue weighted by molar-refractivity contribution is 5.33. The third kappa shape index (κ3) is 4.51.